The molecule has 0 unspecified atom stereocenters. The molecule has 2 rings (SSSR count). The van der Waals surface area contributed by atoms with Crippen LogP contribution in [-0.4, -0.2) is 18.2 Å². The zero-order valence-electron chi connectivity index (χ0n) is 12.4. The summed E-state index contributed by atoms with van der Waals surface area (Å²) in [6.07, 6.45) is 5.33. The SMILES string of the molecule is CCC1CCC(Cc2ccccc2OC)(C(=O)O)CC1. The fourth-order valence-electron chi connectivity index (χ4n) is 3.32. The van der Waals surface area contributed by atoms with Gasteiger partial charge in [0.1, 0.15) is 5.75 Å². The summed E-state index contributed by atoms with van der Waals surface area (Å²) in [6, 6.07) is 7.76. The first-order valence-corrected chi connectivity index (χ1v) is 7.46. The lowest BCUT2D eigenvalue weighted by Gasteiger charge is -2.37. The first-order valence-electron chi connectivity index (χ1n) is 7.46. The van der Waals surface area contributed by atoms with Gasteiger partial charge in [0.15, 0.2) is 0 Å². The highest BCUT2D eigenvalue weighted by Gasteiger charge is 2.42. The molecule has 3 nitrogen and oxygen atoms in total. The van der Waals surface area contributed by atoms with Crippen LogP contribution in [0.2, 0.25) is 0 Å². The number of hydrogen-bond donors (Lipinski definition) is 1. The van der Waals surface area contributed by atoms with Crippen LogP contribution in [0.4, 0.5) is 0 Å². The number of para-hydroxylation sites is 1. The Labute approximate surface area is 121 Å². The molecule has 0 atom stereocenters. The summed E-state index contributed by atoms with van der Waals surface area (Å²) in [7, 11) is 1.64. The van der Waals surface area contributed by atoms with Gasteiger partial charge in [-0.05, 0) is 49.7 Å². The van der Waals surface area contributed by atoms with E-state index in [9.17, 15) is 9.90 Å². The Morgan fingerprint density at radius 2 is 2.00 bits per heavy atom. The summed E-state index contributed by atoms with van der Waals surface area (Å²) in [6.45, 7) is 2.19. The zero-order chi connectivity index (χ0) is 14.6. The maximum atomic E-state index is 11.8. The summed E-state index contributed by atoms with van der Waals surface area (Å²) in [5.74, 6) is 0.837. The lowest BCUT2D eigenvalue weighted by atomic mass is 9.67. The monoisotopic (exact) mass is 276 g/mol. The predicted molar refractivity (Wildman–Crippen MR) is 79.0 cm³/mol. The summed E-state index contributed by atoms with van der Waals surface area (Å²) in [5.41, 5.74) is 0.396. The van der Waals surface area contributed by atoms with E-state index in [0.29, 0.717) is 12.3 Å². The smallest absolute Gasteiger partial charge is 0.309 e. The first kappa shape index (κ1) is 14.9. The molecule has 0 radical (unpaired) electrons. The summed E-state index contributed by atoms with van der Waals surface area (Å²) < 4.78 is 5.36. The Kier molecular flexibility index (Phi) is 4.69. The quantitative estimate of drug-likeness (QED) is 0.887. The second kappa shape index (κ2) is 6.29. The minimum Gasteiger partial charge on any atom is -0.496 e. The van der Waals surface area contributed by atoms with Gasteiger partial charge in [-0.25, -0.2) is 0 Å². The van der Waals surface area contributed by atoms with Crippen molar-refractivity contribution in [3.05, 3.63) is 29.8 Å². The van der Waals surface area contributed by atoms with Gasteiger partial charge in [-0.2, -0.15) is 0 Å². The first-order chi connectivity index (χ1) is 9.61. The predicted octanol–water partition coefficient (Wildman–Crippen LogP) is 3.91. The molecule has 0 heterocycles. The van der Waals surface area contributed by atoms with Crippen LogP contribution >= 0.6 is 0 Å². The third kappa shape index (κ3) is 2.97. The lowest BCUT2D eigenvalue weighted by Crippen LogP contribution is -2.37. The number of aliphatic carboxylic acids is 1. The van der Waals surface area contributed by atoms with Crippen molar-refractivity contribution in [2.75, 3.05) is 7.11 Å². The van der Waals surface area contributed by atoms with Crippen LogP contribution in [0.3, 0.4) is 0 Å². The van der Waals surface area contributed by atoms with Gasteiger partial charge >= 0.3 is 5.97 Å². The molecule has 0 amide bonds. The van der Waals surface area contributed by atoms with E-state index in [1.54, 1.807) is 7.11 Å². The van der Waals surface area contributed by atoms with Crippen molar-refractivity contribution in [2.45, 2.75) is 45.4 Å². The largest absolute Gasteiger partial charge is 0.496 e. The summed E-state index contributed by atoms with van der Waals surface area (Å²) in [4.78, 5) is 11.8. The fraction of sp³-hybridized carbons (Fsp3) is 0.588. The highest BCUT2D eigenvalue weighted by Crippen LogP contribution is 2.43. The third-order valence-electron chi connectivity index (χ3n) is 4.81. The lowest BCUT2D eigenvalue weighted by molar-refractivity contribution is -0.151. The van der Waals surface area contributed by atoms with Crippen molar-refractivity contribution in [3.8, 4) is 5.75 Å². The molecule has 20 heavy (non-hydrogen) atoms. The Morgan fingerprint density at radius 1 is 1.35 bits per heavy atom. The van der Waals surface area contributed by atoms with Crippen LogP contribution in [0.5, 0.6) is 5.75 Å². The molecule has 1 aromatic carbocycles. The minimum atomic E-state index is -0.655. The van der Waals surface area contributed by atoms with Gasteiger partial charge in [0.2, 0.25) is 0 Å². The van der Waals surface area contributed by atoms with E-state index in [-0.39, 0.29) is 0 Å². The van der Waals surface area contributed by atoms with E-state index in [2.05, 4.69) is 6.92 Å². The van der Waals surface area contributed by atoms with Crippen molar-refractivity contribution in [1.82, 2.24) is 0 Å². The van der Waals surface area contributed by atoms with Crippen LogP contribution in [0, 0.1) is 11.3 Å². The Balaban J connectivity index is 2.20. The van der Waals surface area contributed by atoms with E-state index in [1.807, 2.05) is 24.3 Å². The van der Waals surface area contributed by atoms with Gasteiger partial charge in [0.05, 0.1) is 12.5 Å². The van der Waals surface area contributed by atoms with Gasteiger partial charge in [0, 0.05) is 0 Å². The number of carboxylic acid groups (broad SMARTS) is 1. The number of rotatable bonds is 5. The van der Waals surface area contributed by atoms with Crippen LogP contribution < -0.4 is 4.74 Å². The Hall–Kier alpha value is -1.51. The number of carboxylic acids is 1. The van der Waals surface area contributed by atoms with Crippen molar-refractivity contribution < 1.29 is 14.6 Å². The molecule has 3 heteroatoms. The second-order valence-electron chi connectivity index (χ2n) is 5.93. The molecular formula is C17H24O3. The van der Waals surface area contributed by atoms with Crippen molar-refractivity contribution >= 4 is 5.97 Å². The summed E-state index contributed by atoms with van der Waals surface area (Å²) in [5, 5.41) is 9.73. The standard InChI is InChI=1S/C17H24O3/c1-3-13-8-10-17(11-9-13,16(18)19)12-14-6-4-5-7-15(14)20-2/h4-7,13H,3,8-12H2,1-2H3,(H,18,19). The molecular weight excluding hydrogens is 252 g/mol. The average Bonchev–Trinajstić information content (AvgIpc) is 2.48. The van der Waals surface area contributed by atoms with E-state index in [4.69, 9.17) is 4.74 Å². The molecule has 1 saturated carbocycles. The molecule has 0 saturated heterocycles. The molecule has 0 aliphatic heterocycles. The third-order valence-corrected chi connectivity index (χ3v) is 4.81. The van der Waals surface area contributed by atoms with Gasteiger partial charge in [0.25, 0.3) is 0 Å². The van der Waals surface area contributed by atoms with Crippen molar-refractivity contribution in [3.63, 3.8) is 0 Å². The second-order valence-corrected chi connectivity index (χ2v) is 5.93. The highest BCUT2D eigenvalue weighted by molar-refractivity contribution is 5.75. The number of ether oxygens (including phenoxy) is 1. The average molecular weight is 276 g/mol. The van der Waals surface area contributed by atoms with Crippen molar-refractivity contribution in [2.24, 2.45) is 11.3 Å². The Morgan fingerprint density at radius 3 is 2.55 bits per heavy atom. The van der Waals surface area contributed by atoms with Crippen LogP contribution in [0.15, 0.2) is 24.3 Å². The van der Waals surface area contributed by atoms with E-state index >= 15 is 0 Å². The number of carbonyl (C=O) groups is 1. The Bertz CT molecular complexity index is 459. The summed E-state index contributed by atoms with van der Waals surface area (Å²) >= 11 is 0. The molecule has 1 fully saturated rings. The van der Waals surface area contributed by atoms with E-state index < -0.39 is 11.4 Å². The molecule has 1 aliphatic carbocycles. The molecule has 1 aliphatic rings. The van der Waals surface area contributed by atoms with Gasteiger partial charge in [-0.1, -0.05) is 31.5 Å². The number of hydrogen-bond acceptors (Lipinski definition) is 2. The molecule has 110 valence electrons. The number of methoxy groups -OCH3 is 1. The van der Waals surface area contributed by atoms with Crippen LogP contribution in [0.1, 0.15) is 44.6 Å². The zero-order valence-corrected chi connectivity index (χ0v) is 12.4. The van der Waals surface area contributed by atoms with Gasteiger partial charge in [-0.3, -0.25) is 4.79 Å². The molecule has 0 spiro atoms. The van der Waals surface area contributed by atoms with E-state index in [0.717, 1.165) is 43.4 Å². The van der Waals surface area contributed by atoms with Crippen LogP contribution in [0.25, 0.3) is 0 Å². The molecule has 0 aromatic heterocycles. The van der Waals surface area contributed by atoms with Crippen LogP contribution in [-0.2, 0) is 11.2 Å². The maximum absolute atomic E-state index is 11.8. The molecule has 1 aromatic rings. The molecule has 1 N–H and O–H groups in total. The highest BCUT2D eigenvalue weighted by atomic mass is 16.5. The topological polar surface area (TPSA) is 46.5 Å². The molecule has 0 bridgehead atoms. The number of benzene rings is 1. The minimum absolute atomic E-state index is 0.572. The van der Waals surface area contributed by atoms with Gasteiger partial charge < -0.3 is 9.84 Å². The van der Waals surface area contributed by atoms with Gasteiger partial charge in [-0.15, -0.1) is 0 Å². The maximum Gasteiger partial charge on any atom is 0.309 e. The normalized spacial score (nSPS) is 26.2. The van der Waals surface area contributed by atoms with E-state index in [1.165, 1.54) is 0 Å². The fourth-order valence-corrected chi connectivity index (χ4v) is 3.32. The van der Waals surface area contributed by atoms with Crippen molar-refractivity contribution in [1.29, 1.82) is 0 Å².